The molecule has 0 unspecified atom stereocenters. The summed E-state index contributed by atoms with van der Waals surface area (Å²) >= 11 is 3.29. The van der Waals surface area contributed by atoms with Gasteiger partial charge in [0, 0.05) is 10.0 Å². The fourth-order valence-electron chi connectivity index (χ4n) is 2.61. The molecular weight excluding hydrogens is 455 g/mol. The first kappa shape index (κ1) is 23.3. The Balaban J connectivity index is 2.31. The first-order valence-electron chi connectivity index (χ1n) is 9.23. The highest BCUT2D eigenvalue weighted by molar-refractivity contribution is 9.10. The highest BCUT2D eigenvalue weighted by atomic mass is 79.9. The highest BCUT2D eigenvalue weighted by Crippen LogP contribution is 2.13. The second-order valence-electron chi connectivity index (χ2n) is 7.06. The number of carbonyl (C=O) groups is 3. The summed E-state index contributed by atoms with van der Waals surface area (Å²) in [6.07, 6.45) is 1.59. The van der Waals surface area contributed by atoms with Crippen molar-refractivity contribution in [1.29, 1.82) is 0 Å². The molecule has 6 nitrogen and oxygen atoms in total. The summed E-state index contributed by atoms with van der Waals surface area (Å²) in [5, 5.41) is 14.4. The summed E-state index contributed by atoms with van der Waals surface area (Å²) < 4.78 is 14.0. The zero-order valence-electron chi connectivity index (χ0n) is 16.5. The molecule has 0 radical (unpaired) electrons. The number of carboxylic acid groups (broad SMARTS) is 1. The largest absolute Gasteiger partial charge is 0.480 e. The van der Waals surface area contributed by atoms with Crippen LogP contribution >= 0.6 is 15.9 Å². The van der Waals surface area contributed by atoms with Crippen LogP contribution in [-0.2, 0) is 9.59 Å². The molecule has 1 atom stereocenters. The number of carbonyl (C=O) groups excluding carboxylic acids is 2. The summed E-state index contributed by atoms with van der Waals surface area (Å²) in [5.41, 5.74) is 0.630. The Hall–Kier alpha value is -3.00. The number of hydrogen-bond acceptors (Lipinski definition) is 3. The third-order valence-corrected chi connectivity index (χ3v) is 4.62. The minimum atomic E-state index is -1.17. The van der Waals surface area contributed by atoms with Gasteiger partial charge in [-0.15, -0.1) is 0 Å². The van der Waals surface area contributed by atoms with Gasteiger partial charge in [-0.3, -0.25) is 9.59 Å². The molecule has 0 saturated carbocycles. The van der Waals surface area contributed by atoms with E-state index in [1.54, 1.807) is 24.3 Å². The van der Waals surface area contributed by atoms with E-state index in [1.165, 1.54) is 30.3 Å². The van der Waals surface area contributed by atoms with E-state index in [1.807, 2.05) is 13.8 Å². The molecule has 30 heavy (non-hydrogen) atoms. The van der Waals surface area contributed by atoms with Crippen molar-refractivity contribution < 1.29 is 23.9 Å². The molecule has 0 aliphatic carbocycles. The van der Waals surface area contributed by atoms with Crippen LogP contribution in [0.25, 0.3) is 6.08 Å². The van der Waals surface area contributed by atoms with Crippen molar-refractivity contribution >= 4 is 39.8 Å². The predicted octanol–water partition coefficient (Wildman–Crippen LogP) is 3.97. The molecule has 0 bridgehead atoms. The predicted molar refractivity (Wildman–Crippen MR) is 115 cm³/mol. The quantitative estimate of drug-likeness (QED) is 0.502. The number of benzene rings is 2. The van der Waals surface area contributed by atoms with Crippen molar-refractivity contribution in [3.8, 4) is 0 Å². The van der Waals surface area contributed by atoms with Crippen molar-refractivity contribution in [1.82, 2.24) is 10.6 Å². The monoisotopic (exact) mass is 476 g/mol. The third kappa shape index (κ3) is 7.11. The Morgan fingerprint density at radius 3 is 2.20 bits per heavy atom. The van der Waals surface area contributed by atoms with Crippen LogP contribution < -0.4 is 10.6 Å². The van der Waals surface area contributed by atoms with Gasteiger partial charge in [-0.05, 0) is 60.4 Å². The second kappa shape index (κ2) is 10.7. The molecule has 0 aromatic heterocycles. The van der Waals surface area contributed by atoms with Crippen molar-refractivity contribution in [2.24, 2.45) is 5.92 Å². The number of hydrogen-bond donors (Lipinski definition) is 3. The molecule has 0 fully saturated rings. The molecule has 2 rings (SSSR count). The molecule has 0 aliphatic heterocycles. The minimum Gasteiger partial charge on any atom is -0.480 e. The molecule has 0 aliphatic rings. The number of carboxylic acids is 1. The van der Waals surface area contributed by atoms with Crippen molar-refractivity contribution in [2.45, 2.75) is 26.3 Å². The summed E-state index contributed by atoms with van der Waals surface area (Å²) in [4.78, 5) is 36.9. The average Bonchev–Trinajstić information content (AvgIpc) is 2.68. The van der Waals surface area contributed by atoms with Gasteiger partial charge in [-0.25, -0.2) is 9.18 Å². The van der Waals surface area contributed by atoms with E-state index < -0.39 is 29.6 Å². The van der Waals surface area contributed by atoms with Crippen LogP contribution in [0.5, 0.6) is 0 Å². The van der Waals surface area contributed by atoms with E-state index in [4.69, 9.17) is 0 Å². The van der Waals surface area contributed by atoms with Gasteiger partial charge in [0.25, 0.3) is 11.8 Å². The van der Waals surface area contributed by atoms with Crippen molar-refractivity contribution in [3.05, 3.63) is 75.6 Å². The molecule has 0 saturated heterocycles. The van der Waals surface area contributed by atoms with Crippen LogP contribution in [0.3, 0.4) is 0 Å². The zero-order valence-corrected chi connectivity index (χ0v) is 18.1. The first-order chi connectivity index (χ1) is 14.2. The normalized spacial score (nSPS) is 12.4. The van der Waals surface area contributed by atoms with E-state index in [-0.39, 0.29) is 18.0 Å². The fourth-order valence-corrected chi connectivity index (χ4v) is 2.87. The highest BCUT2D eigenvalue weighted by Gasteiger charge is 2.24. The summed E-state index contributed by atoms with van der Waals surface area (Å²) in [5.74, 6) is -2.87. The number of nitrogens with one attached hydrogen (secondary N) is 2. The Bertz CT molecular complexity index is 941. The van der Waals surface area contributed by atoms with Gasteiger partial charge in [0.2, 0.25) is 0 Å². The van der Waals surface area contributed by atoms with Gasteiger partial charge in [0.1, 0.15) is 17.6 Å². The Kier molecular flexibility index (Phi) is 8.29. The molecule has 8 heteroatoms. The van der Waals surface area contributed by atoms with E-state index in [0.717, 1.165) is 4.47 Å². The molecule has 2 aromatic carbocycles. The Morgan fingerprint density at radius 1 is 1.07 bits per heavy atom. The summed E-state index contributed by atoms with van der Waals surface area (Å²) in [6, 6.07) is 10.7. The molecule has 0 heterocycles. The van der Waals surface area contributed by atoms with E-state index >= 15 is 0 Å². The smallest absolute Gasteiger partial charge is 0.326 e. The lowest BCUT2D eigenvalue weighted by molar-refractivity contribution is -0.141. The standard InChI is InChI=1S/C22H22BrFN2O4/c1-13(2)11-19(22(29)30)26-21(28)18(12-14-3-9-17(24)10-4-14)25-20(27)15-5-7-16(23)8-6-15/h3-10,12-13,19H,11H2,1-2H3,(H,25,27)(H,26,28)(H,29,30)/b18-12+/t19-/m0/s1. The molecule has 2 amide bonds. The Morgan fingerprint density at radius 2 is 1.67 bits per heavy atom. The maximum absolute atomic E-state index is 13.2. The maximum Gasteiger partial charge on any atom is 0.326 e. The average molecular weight is 477 g/mol. The van der Waals surface area contributed by atoms with Gasteiger partial charge < -0.3 is 15.7 Å². The van der Waals surface area contributed by atoms with Gasteiger partial charge in [-0.1, -0.05) is 41.9 Å². The molecule has 158 valence electrons. The second-order valence-corrected chi connectivity index (χ2v) is 7.98. The molecule has 2 aromatic rings. The minimum absolute atomic E-state index is 0.0354. The summed E-state index contributed by atoms with van der Waals surface area (Å²) in [7, 11) is 0. The first-order valence-corrected chi connectivity index (χ1v) is 10.0. The number of aliphatic carboxylic acids is 1. The lowest BCUT2D eigenvalue weighted by Crippen LogP contribution is -2.45. The molecular formula is C22H22BrFN2O4. The van der Waals surface area contributed by atoms with Gasteiger partial charge >= 0.3 is 5.97 Å². The van der Waals surface area contributed by atoms with Crippen LogP contribution in [0.1, 0.15) is 36.2 Å². The third-order valence-electron chi connectivity index (χ3n) is 4.09. The van der Waals surface area contributed by atoms with Crippen LogP contribution in [0.4, 0.5) is 4.39 Å². The van der Waals surface area contributed by atoms with Crippen molar-refractivity contribution in [3.63, 3.8) is 0 Å². The molecule has 0 spiro atoms. The van der Waals surface area contributed by atoms with Crippen molar-refractivity contribution in [2.75, 3.05) is 0 Å². The number of amides is 2. The number of halogens is 2. The van der Waals surface area contributed by atoms with Crippen LogP contribution in [0.2, 0.25) is 0 Å². The van der Waals surface area contributed by atoms with Gasteiger partial charge in [-0.2, -0.15) is 0 Å². The van der Waals surface area contributed by atoms with E-state index in [0.29, 0.717) is 11.1 Å². The van der Waals surface area contributed by atoms with Crippen LogP contribution in [0, 0.1) is 11.7 Å². The fraction of sp³-hybridized carbons (Fsp3) is 0.227. The summed E-state index contributed by atoms with van der Waals surface area (Å²) in [6.45, 7) is 3.68. The van der Waals surface area contributed by atoms with Gasteiger partial charge in [0.05, 0.1) is 0 Å². The SMILES string of the molecule is CC(C)C[C@H](NC(=O)/C(=C\c1ccc(F)cc1)NC(=O)c1ccc(Br)cc1)C(=O)O. The lowest BCUT2D eigenvalue weighted by atomic mass is 10.0. The van der Waals surface area contributed by atoms with Crippen LogP contribution in [0.15, 0.2) is 58.7 Å². The Labute approximate surface area is 182 Å². The topological polar surface area (TPSA) is 95.5 Å². The van der Waals surface area contributed by atoms with Gasteiger partial charge in [0.15, 0.2) is 0 Å². The lowest BCUT2D eigenvalue weighted by Gasteiger charge is -2.18. The zero-order chi connectivity index (χ0) is 22.3. The maximum atomic E-state index is 13.2. The van der Waals surface area contributed by atoms with E-state index in [9.17, 15) is 23.9 Å². The van der Waals surface area contributed by atoms with E-state index in [2.05, 4.69) is 26.6 Å². The van der Waals surface area contributed by atoms with Crippen LogP contribution in [-0.4, -0.2) is 28.9 Å². The number of rotatable bonds is 8. The molecule has 3 N–H and O–H groups in total.